The number of pyridine rings is 1. The molecule has 150 valence electrons. The number of carbonyl (C=O) groups is 1. The molecule has 28 heavy (non-hydrogen) atoms. The molecule has 0 unspecified atom stereocenters. The second-order valence-electron chi connectivity index (χ2n) is 6.82. The Morgan fingerprint density at radius 1 is 1.21 bits per heavy atom. The Bertz CT molecular complexity index is 788. The lowest BCUT2D eigenvalue weighted by Gasteiger charge is -2.16. The average molecular weight is 394 g/mol. The summed E-state index contributed by atoms with van der Waals surface area (Å²) in [6, 6.07) is 9.89. The van der Waals surface area contributed by atoms with E-state index < -0.39 is 18.8 Å². The van der Waals surface area contributed by atoms with Crippen molar-refractivity contribution < 1.29 is 27.8 Å². The van der Waals surface area contributed by atoms with E-state index in [0.717, 1.165) is 11.8 Å². The molecular formula is C20H21F3N2O3. The molecule has 1 aromatic carbocycles. The van der Waals surface area contributed by atoms with Gasteiger partial charge in [-0.1, -0.05) is 24.3 Å². The number of alkyl halides is 3. The fraction of sp³-hybridized carbons (Fsp3) is 0.400. The van der Waals surface area contributed by atoms with Crippen LogP contribution in [0.5, 0.6) is 5.75 Å². The van der Waals surface area contributed by atoms with E-state index in [1.165, 1.54) is 30.5 Å². The summed E-state index contributed by atoms with van der Waals surface area (Å²) in [4.78, 5) is 16.2. The topological polar surface area (TPSA) is 71.5 Å². The number of aliphatic hydroxyl groups excluding tert-OH is 1. The first-order valence-electron chi connectivity index (χ1n) is 8.98. The van der Waals surface area contributed by atoms with Gasteiger partial charge < -0.3 is 15.2 Å². The number of carbonyl (C=O) groups excluding carboxylic acids is 1. The van der Waals surface area contributed by atoms with Crippen molar-refractivity contribution >= 4 is 5.91 Å². The zero-order valence-electron chi connectivity index (χ0n) is 15.1. The van der Waals surface area contributed by atoms with Crippen molar-refractivity contribution in [1.82, 2.24) is 10.3 Å². The van der Waals surface area contributed by atoms with Gasteiger partial charge >= 0.3 is 6.18 Å². The van der Waals surface area contributed by atoms with Crippen LogP contribution in [0.15, 0.2) is 42.6 Å². The number of hydrogen-bond donors (Lipinski definition) is 2. The largest absolute Gasteiger partial charge is 0.483 e. The highest BCUT2D eigenvalue weighted by atomic mass is 19.4. The minimum atomic E-state index is -4.43. The fourth-order valence-electron chi connectivity index (χ4n) is 2.82. The summed E-state index contributed by atoms with van der Waals surface area (Å²) in [5, 5.41) is 12.2. The number of halogens is 3. The second kappa shape index (κ2) is 8.60. The van der Waals surface area contributed by atoms with Crippen LogP contribution in [-0.2, 0) is 11.2 Å². The number of nitrogens with zero attached hydrogens (tertiary/aromatic N) is 1. The lowest BCUT2D eigenvalue weighted by Crippen LogP contribution is -2.32. The molecule has 8 heteroatoms. The molecule has 0 bridgehead atoms. The number of aromatic nitrogens is 1. The maximum absolute atomic E-state index is 12.3. The van der Waals surface area contributed by atoms with Crippen molar-refractivity contribution in [3.63, 3.8) is 0 Å². The minimum absolute atomic E-state index is 0.0418. The number of aliphatic hydroxyl groups is 1. The minimum Gasteiger partial charge on any atom is -0.483 e. The van der Waals surface area contributed by atoms with Crippen molar-refractivity contribution in [2.75, 3.05) is 13.2 Å². The molecular weight excluding hydrogens is 373 g/mol. The zero-order valence-corrected chi connectivity index (χ0v) is 15.1. The predicted molar refractivity (Wildman–Crippen MR) is 95.9 cm³/mol. The number of ether oxygens (including phenoxy) is 1. The molecule has 1 aromatic heterocycles. The van der Waals surface area contributed by atoms with E-state index in [1.807, 2.05) is 24.3 Å². The molecule has 1 heterocycles. The third-order valence-corrected chi connectivity index (χ3v) is 4.43. The Kier molecular flexibility index (Phi) is 6.18. The quantitative estimate of drug-likeness (QED) is 0.721. The summed E-state index contributed by atoms with van der Waals surface area (Å²) in [5.41, 5.74) is 2.48. The summed E-state index contributed by atoms with van der Waals surface area (Å²) in [5.74, 6) is 0.327. The SMILES string of the molecule is O=C(Cc1ccc(C2CC2)cc1)N[C@H](CO)c1ccc(OCC(F)(F)F)cn1. The Morgan fingerprint density at radius 2 is 1.93 bits per heavy atom. The van der Waals surface area contributed by atoms with Gasteiger partial charge in [0.25, 0.3) is 0 Å². The molecule has 1 aliphatic carbocycles. The number of nitrogens with one attached hydrogen (secondary N) is 1. The molecule has 0 saturated heterocycles. The summed E-state index contributed by atoms with van der Waals surface area (Å²) >= 11 is 0. The second-order valence-corrected chi connectivity index (χ2v) is 6.82. The van der Waals surface area contributed by atoms with Gasteiger partial charge in [-0.05, 0) is 42.0 Å². The van der Waals surface area contributed by atoms with Crippen molar-refractivity contribution in [2.24, 2.45) is 0 Å². The van der Waals surface area contributed by atoms with E-state index >= 15 is 0 Å². The van der Waals surface area contributed by atoms with Gasteiger partial charge in [-0.2, -0.15) is 13.2 Å². The highest BCUT2D eigenvalue weighted by Crippen LogP contribution is 2.39. The molecule has 3 rings (SSSR count). The van der Waals surface area contributed by atoms with Crippen molar-refractivity contribution in [1.29, 1.82) is 0 Å². The van der Waals surface area contributed by atoms with E-state index in [2.05, 4.69) is 15.0 Å². The molecule has 0 radical (unpaired) electrons. The third kappa shape index (κ3) is 5.95. The molecule has 1 fully saturated rings. The number of rotatable bonds is 8. The van der Waals surface area contributed by atoms with E-state index in [0.29, 0.717) is 11.6 Å². The fourth-order valence-corrected chi connectivity index (χ4v) is 2.82. The van der Waals surface area contributed by atoms with Crippen LogP contribution < -0.4 is 10.1 Å². The van der Waals surface area contributed by atoms with Gasteiger partial charge in [0.05, 0.1) is 31.0 Å². The van der Waals surface area contributed by atoms with E-state index in [9.17, 15) is 23.1 Å². The molecule has 2 aromatic rings. The maximum Gasteiger partial charge on any atom is 0.422 e. The maximum atomic E-state index is 12.3. The molecule has 1 aliphatic rings. The lowest BCUT2D eigenvalue weighted by atomic mass is 10.1. The summed E-state index contributed by atoms with van der Waals surface area (Å²) in [6.45, 7) is -1.80. The monoisotopic (exact) mass is 394 g/mol. The molecule has 0 spiro atoms. The van der Waals surface area contributed by atoms with Crippen molar-refractivity contribution in [3.8, 4) is 5.75 Å². The highest BCUT2D eigenvalue weighted by molar-refractivity contribution is 5.79. The van der Waals surface area contributed by atoms with Gasteiger partial charge in [-0.15, -0.1) is 0 Å². The summed E-state index contributed by atoms with van der Waals surface area (Å²) in [7, 11) is 0. The van der Waals surface area contributed by atoms with Crippen molar-refractivity contribution in [2.45, 2.75) is 37.4 Å². The molecule has 1 saturated carbocycles. The normalized spacial score (nSPS) is 15.1. The van der Waals surface area contributed by atoms with Crippen LogP contribution in [0.3, 0.4) is 0 Å². The zero-order chi connectivity index (χ0) is 20.1. The van der Waals surface area contributed by atoms with E-state index in [1.54, 1.807) is 0 Å². The van der Waals surface area contributed by atoms with Gasteiger partial charge in [0.15, 0.2) is 6.61 Å². The van der Waals surface area contributed by atoms with Gasteiger partial charge in [-0.3, -0.25) is 9.78 Å². The Balaban J connectivity index is 1.54. The Labute approximate surface area is 160 Å². The first-order chi connectivity index (χ1) is 13.3. The number of benzene rings is 1. The summed E-state index contributed by atoms with van der Waals surface area (Å²) in [6.07, 6.45) is -0.714. The van der Waals surface area contributed by atoms with Crippen LogP contribution in [0, 0.1) is 0 Å². The highest BCUT2D eigenvalue weighted by Gasteiger charge is 2.28. The van der Waals surface area contributed by atoms with Gasteiger partial charge in [-0.25, -0.2) is 0 Å². The summed E-state index contributed by atoms with van der Waals surface area (Å²) < 4.78 is 41.1. The molecule has 1 amide bonds. The van der Waals surface area contributed by atoms with Crippen LogP contribution in [0.2, 0.25) is 0 Å². The third-order valence-electron chi connectivity index (χ3n) is 4.43. The Morgan fingerprint density at radius 3 is 2.46 bits per heavy atom. The van der Waals surface area contributed by atoms with Crippen LogP contribution in [0.4, 0.5) is 13.2 Å². The predicted octanol–water partition coefficient (Wildman–Crippen LogP) is 3.29. The molecule has 0 aliphatic heterocycles. The first kappa shape index (κ1) is 20.1. The van der Waals surface area contributed by atoms with Gasteiger partial charge in [0.2, 0.25) is 5.91 Å². The lowest BCUT2D eigenvalue weighted by molar-refractivity contribution is -0.153. The molecule has 1 atom stereocenters. The number of hydrogen-bond acceptors (Lipinski definition) is 4. The van der Waals surface area contributed by atoms with Gasteiger partial charge in [0.1, 0.15) is 5.75 Å². The van der Waals surface area contributed by atoms with E-state index in [4.69, 9.17) is 0 Å². The first-order valence-corrected chi connectivity index (χ1v) is 8.98. The van der Waals surface area contributed by atoms with Crippen molar-refractivity contribution in [3.05, 3.63) is 59.4 Å². The van der Waals surface area contributed by atoms with Crippen LogP contribution in [0.25, 0.3) is 0 Å². The van der Waals surface area contributed by atoms with Crippen LogP contribution >= 0.6 is 0 Å². The molecule has 2 N–H and O–H groups in total. The van der Waals surface area contributed by atoms with Crippen LogP contribution in [0.1, 0.15) is 41.6 Å². The standard InChI is InChI=1S/C20H21F3N2O3/c21-20(22,23)12-28-16-7-8-17(24-10-16)18(11-26)25-19(27)9-13-1-3-14(4-2-13)15-5-6-15/h1-4,7-8,10,15,18,26H,5-6,9,11-12H2,(H,25,27)/t18-/m1/s1. The van der Waals surface area contributed by atoms with Crippen LogP contribution in [-0.4, -0.2) is 35.4 Å². The number of amides is 1. The van der Waals surface area contributed by atoms with E-state index in [-0.39, 0.29) is 24.7 Å². The smallest absolute Gasteiger partial charge is 0.422 e. The molecule has 5 nitrogen and oxygen atoms in total. The van der Waals surface area contributed by atoms with Gasteiger partial charge in [0, 0.05) is 0 Å². The average Bonchev–Trinajstić information content (AvgIpc) is 3.50. The Hall–Kier alpha value is -2.61.